The Bertz CT molecular complexity index is 304. The van der Waals surface area contributed by atoms with Crippen LogP contribution in [-0.2, 0) is 9.31 Å². The van der Waals surface area contributed by atoms with Gasteiger partial charge in [-0.3, -0.25) is 4.79 Å². The average Bonchev–Trinajstić information content (AvgIpc) is 2.30. The number of carbonyl (C=O) groups excluding carboxylic acids is 1. The summed E-state index contributed by atoms with van der Waals surface area (Å²) in [4.78, 5) is 10.4. The third-order valence-corrected chi connectivity index (χ3v) is 2.17. The molecule has 0 atom stereocenters. The Morgan fingerprint density at radius 3 is 2.36 bits per heavy atom. The maximum atomic E-state index is 10.4. The normalized spacial score (nSPS) is 16.7. The first-order chi connectivity index (χ1) is 6.90. The van der Waals surface area contributed by atoms with Gasteiger partial charge in [0.1, 0.15) is 6.29 Å². The highest BCUT2D eigenvalue weighted by Gasteiger charge is 2.23. The van der Waals surface area contributed by atoms with Crippen LogP contribution in [-0.4, -0.2) is 26.6 Å². The third kappa shape index (κ3) is 2.03. The first kappa shape index (κ1) is 9.43. The molecule has 0 unspecified atom stereocenters. The van der Waals surface area contributed by atoms with E-state index >= 15 is 0 Å². The van der Waals surface area contributed by atoms with Crippen LogP contribution in [0.15, 0.2) is 24.3 Å². The summed E-state index contributed by atoms with van der Waals surface area (Å²) < 4.78 is 10.9. The van der Waals surface area contributed by atoms with Crippen LogP contribution >= 0.6 is 0 Å². The molecule has 0 spiro atoms. The molecule has 1 aliphatic heterocycles. The molecule has 0 bridgehead atoms. The van der Waals surface area contributed by atoms with E-state index in [4.69, 9.17) is 9.31 Å². The summed E-state index contributed by atoms with van der Waals surface area (Å²) in [6.07, 6.45) is 1.77. The van der Waals surface area contributed by atoms with Crippen molar-refractivity contribution in [2.75, 3.05) is 13.2 Å². The minimum absolute atomic E-state index is 0.260. The molecular formula is C10H11BO3. The van der Waals surface area contributed by atoms with Crippen LogP contribution in [0.25, 0.3) is 0 Å². The molecule has 0 amide bonds. The lowest BCUT2D eigenvalue weighted by Crippen LogP contribution is -2.40. The van der Waals surface area contributed by atoms with Crippen LogP contribution in [0.1, 0.15) is 16.8 Å². The monoisotopic (exact) mass is 190 g/mol. The van der Waals surface area contributed by atoms with Crippen molar-refractivity contribution in [1.82, 2.24) is 0 Å². The van der Waals surface area contributed by atoms with E-state index in [-0.39, 0.29) is 7.12 Å². The predicted octanol–water partition coefficient (Wildman–Crippen LogP) is 0.631. The largest absolute Gasteiger partial charge is 0.493 e. The van der Waals surface area contributed by atoms with Gasteiger partial charge in [0, 0.05) is 18.8 Å². The van der Waals surface area contributed by atoms with Gasteiger partial charge >= 0.3 is 7.12 Å². The van der Waals surface area contributed by atoms with Crippen LogP contribution in [0.4, 0.5) is 0 Å². The molecular weight excluding hydrogens is 179 g/mol. The molecule has 3 nitrogen and oxygen atoms in total. The van der Waals surface area contributed by atoms with Gasteiger partial charge < -0.3 is 9.31 Å². The fourth-order valence-corrected chi connectivity index (χ4v) is 1.41. The molecule has 14 heavy (non-hydrogen) atoms. The summed E-state index contributed by atoms with van der Waals surface area (Å²) in [5, 5.41) is 0. The maximum absolute atomic E-state index is 10.4. The fourth-order valence-electron chi connectivity index (χ4n) is 1.41. The molecule has 0 N–H and O–H groups in total. The molecule has 0 saturated carbocycles. The smallest absolute Gasteiger partial charge is 0.407 e. The fraction of sp³-hybridized carbons (Fsp3) is 0.300. The van der Waals surface area contributed by atoms with Crippen LogP contribution in [0.5, 0.6) is 0 Å². The summed E-state index contributed by atoms with van der Waals surface area (Å²) in [6, 6.07) is 7.26. The highest BCUT2D eigenvalue weighted by Crippen LogP contribution is 2.02. The lowest BCUT2D eigenvalue weighted by atomic mass is 9.78. The molecule has 1 saturated heterocycles. The summed E-state index contributed by atoms with van der Waals surface area (Å²) in [5.74, 6) is 0. The van der Waals surface area contributed by atoms with E-state index in [1.807, 2.05) is 12.1 Å². The highest BCUT2D eigenvalue weighted by atomic mass is 16.6. The van der Waals surface area contributed by atoms with Crippen molar-refractivity contribution in [1.29, 1.82) is 0 Å². The van der Waals surface area contributed by atoms with Crippen LogP contribution in [0.3, 0.4) is 0 Å². The Morgan fingerprint density at radius 1 is 1.14 bits per heavy atom. The predicted molar refractivity (Wildman–Crippen MR) is 53.7 cm³/mol. The van der Waals surface area contributed by atoms with Crippen molar-refractivity contribution < 1.29 is 14.1 Å². The van der Waals surface area contributed by atoms with Crippen molar-refractivity contribution in [2.45, 2.75) is 6.42 Å². The van der Waals surface area contributed by atoms with Gasteiger partial charge in [-0.2, -0.15) is 0 Å². The molecule has 1 aliphatic rings. The molecule has 4 heteroatoms. The van der Waals surface area contributed by atoms with Gasteiger partial charge in [-0.1, -0.05) is 24.3 Å². The van der Waals surface area contributed by atoms with Crippen molar-refractivity contribution in [2.24, 2.45) is 0 Å². The first-order valence-corrected chi connectivity index (χ1v) is 4.68. The van der Waals surface area contributed by atoms with Gasteiger partial charge in [-0.15, -0.1) is 0 Å². The molecule has 0 aliphatic carbocycles. The minimum Gasteiger partial charge on any atom is -0.407 e. The van der Waals surface area contributed by atoms with E-state index < -0.39 is 0 Å². The molecule has 72 valence electrons. The van der Waals surface area contributed by atoms with Gasteiger partial charge in [0.2, 0.25) is 0 Å². The molecule has 1 aromatic carbocycles. The Labute approximate surface area is 83.2 Å². The Balaban J connectivity index is 2.11. The Hall–Kier alpha value is -1.13. The van der Waals surface area contributed by atoms with Crippen molar-refractivity contribution >= 4 is 18.9 Å². The Kier molecular flexibility index (Phi) is 2.96. The van der Waals surface area contributed by atoms with Crippen LogP contribution < -0.4 is 5.46 Å². The number of hydrogen-bond acceptors (Lipinski definition) is 3. The molecule has 0 aromatic heterocycles. The second kappa shape index (κ2) is 4.40. The summed E-state index contributed by atoms with van der Waals surface area (Å²) in [7, 11) is -0.260. The summed E-state index contributed by atoms with van der Waals surface area (Å²) in [6.45, 7) is 1.47. The SMILES string of the molecule is O=Cc1ccc(B2OCCCO2)cc1. The maximum Gasteiger partial charge on any atom is 0.493 e. The number of carbonyl (C=O) groups is 1. The highest BCUT2D eigenvalue weighted by molar-refractivity contribution is 6.61. The van der Waals surface area contributed by atoms with Gasteiger partial charge in [-0.05, 0) is 11.9 Å². The lowest BCUT2D eigenvalue weighted by Gasteiger charge is -2.19. The third-order valence-electron chi connectivity index (χ3n) is 2.17. The van der Waals surface area contributed by atoms with Crippen LogP contribution in [0, 0.1) is 0 Å². The molecule has 0 radical (unpaired) electrons. The zero-order valence-electron chi connectivity index (χ0n) is 7.81. The second-order valence-electron chi connectivity index (χ2n) is 3.21. The molecule has 1 fully saturated rings. The van der Waals surface area contributed by atoms with Crippen molar-refractivity contribution in [3.8, 4) is 0 Å². The van der Waals surface area contributed by atoms with E-state index in [9.17, 15) is 4.79 Å². The zero-order chi connectivity index (χ0) is 9.80. The standard InChI is InChI=1S/C10H11BO3/c12-8-9-2-4-10(5-3-9)11-13-6-1-7-14-11/h2-5,8H,1,6-7H2. The van der Waals surface area contributed by atoms with Crippen molar-refractivity contribution in [3.05, 3.63) is 29.8 Å². The lowest BCUT2D eigenvalue weighted by molar-refractivity contribution is 0.112. The summed E-state index contributed by atoms with van der Waals surface area (Å²) >= 11 is 0. The zero-order valence-corrected chi connectivity index (χ0v) is 7.81. The quantitative estimate of drug-likeness (QED) is 0.506. The minimum atomic E-state index is -0.260. The molecule has 1 heterocycles. The van der Waals surface area contributed by atoms with E-state index in [0.29, 0.717) is 5.56 Å². The van der Waals surface area contributed by atoms with E-state index in [1.54, 1.807) is 12.1 Å². The van der Waals surface area contributed by atoms with Crippen molar-refractivity contribution in [3.63, 3.8) is 0 Å². The Morgan fingerprint density at radius 2 is 1.79 bits per heavy atom. The number of benzene rings is 1. The van der Waals surface area contributed by atoms with Crippen LogP contribution in [0.2, 0.25) is 0 Å². The number of rotatable bonds is 2. The van der Waals surface area contributed by atoms with E-state index in [0.717, 1.165) is 31.4 Å². The number of aldehydes is 1. The van der Waals surface area contributed by atoms with Gasteiger partial charge in [-0.25, -0.2) is 0 Å². The first-order valence-electron chi connectivity index (χ1n) is 4.68. The summed E-state index contributed by atoms with van der Waals surface area (Å²) in [5.41, 5.74) is 1.64. The molecule has 1 aromatic rings. The second-order valence-corrected chi connectivity index (χ2v) is 3.21. The van der Waals surface area contributed by atoms with E-state index in [1.165, 1.54) is 0 Å². The van der Waals surface area contributed by atoms with Gasteiger partial charge in [0.25, 0.3) is 0 Å². The van der Waals surface area contributed by atoms with Gasteiger partial charge in [0.05, 0.1) is 0 Å². The van der Waals surface area contributed by atoms with Gasteiger partial charge in [0.15, 0.2) is 0 Å². The number of hydrogen-bond donors (Lipinski definition) is 0. The van der Waals surface area contributed by atoms with E-state index in [2.05, 4.69) is 0 Å². The topological polar surface area (TPSA) is 35.5 Å². The molecule has 2 rings (SSSR count). The average molecular weight is 190 g/mol.